The minimum absolute atomic E-state index is 0.301. The predicted octanol–water partition coefficient (Wildman–Crippen LogP) is 4.09. The van der Waals surface area contributed by atoms with E-state index in [-0.39, 0.29) is 5.91 Å². The number of amides is 1. The molecule has 7 heteroatoms. The number of carbonyl (C=O) groups excluding carboxylic acids is 2. The Bertz CT molecular complexity index is 1150. The summed E-state index contributed by atoms with van der Waals surface area (Å²) in [6, 6.07) is 20.0. The van der Waals surface area contributed by atoms with Gasteiger partial charge >= 0.3 is 5.97 Å². The summed E-state index contributed by atoms with van der Waals surface area (Å²) in [4.78, 5) is 24.8. The zero-order valence-corrected chi connectivity index (χ0v) is 16.4. The maximum atomic E-state index is 13.0. The minimum Gasteiger partial charge on any atom is -0.462 e. The lowest BCUT2D eigenvalue weighted by Gasteiger charge is -2.11. The van der Waals surface area contributed by atoms with Crippen molar-refractivity contribution in [3.05, 3.63) is 96.4 Å². The summed E-state index contributed by atoms with van der Waals surface area (Å²) < 4.78 is 8.55. The molecule has 0 aliphatic heterocycles. The quantitative estimate of drug-likeness (QED) is 0.495. The van der Waals surface area contributed by atoms with Gasteiger partial charge in [-0.25, -0.2) is 9.48 Å². The first-order chi connectivity index (χ1) is 14.7. The Balaban J connectivity index is 1.63. The Kier molecular flexibility index (Phi) is 5.43. The number of anilines is 1. The molecule has 1 N–H and O–H groups in total. The third-order valence-electron chi connectivity index (χ3n) is 4.49. The summed E-state index contributed by atoms with van der Waals surface area (Å²) in [6.07, 6.45) is 5.27. The molecule has 2 aromatic carbocycles. The number of ether oxygens (including phenoxy) is 1. The SMILES string of the molecule is CCOC(=O)c1ccc(NC(=O)c2cnn(-c3ccccc3)c2-n2cccc2)cc1. The van der Waals surface area contributed by atoms with E-state index in [2.05, 4.69) is 10.4 Å². The van der Waals surface area contributed by atoms with Crippen molar-refractivity contribution in [2.75, 3.05) is 11.9 Å². The normalized spacial score (nSPS) is 10.6. The van der Waals surface area contributed by atoms with Crippen molar-refractivity contribution < 1.29 is 14.3 Å². The Morgan fingerprint density at radius 3 is 2.33 bits per heavy atom. The number of nitrogens with zero attached hydrogens (tertiary/aromatic N) is 3. The van der Waals surface area contributed by atoms with Crippen molar-refractivity contribution in [2.45, 2.75) is 6.92 Å². The van der Waals surface area contributed by atoms with Gasteiger partial charge in [-0.15, -0.1) is 0 Å². The zero-order chi connectivity index (χ0) is 20.9. The Morgan fingerprint density at radius 1 is 0.967 bits per heavy atom. The fourth-order valence-corrected chi connectivity index (χ4v) is 3.09. The molecule has 0 fully saturated rings. The summed E-state index contributed by atoms with van der Waals surface area (Å²) in [5.74, 6) is -0.0639. The van der Waals surface area contributed by atoms with Crippen LogP contribution in [0.3, 0.4) is 0 Å². The molecule has 0 spiro atoms. The molecule has 0 radical (unpaired) electrons. The second-order valence-electron chi connectivity index (χ2n) is 6.47. The highest BCUT2D eigenvalue weighted by atomic mass is 16.5. The number of benzene rings is 2. The van der Waals surface area contributed by atoms with Crippen LogP contribution < -0.4 is 5.32 Å². The van der Waals surface area contributed by atoms with E-state index in [1.807, 2.05) is 59.4 Å². The van der Waals surface area contributed by atoms with E-state index in [0.717, 1.165) is 5.69 Å². The molecule has 1 amide bonds. The molecule has 0 atom stereocenters. The van der Waals surface area contributed by atoms with E-state index in [1.54, 1.807) is 42.1 Å². The van der Waals surface area contributed by atoms with Gasteiger partial charge in [0, 0.05) is 18.1 Å². The lowest BCUT2D eigenvalue weighted by atomic mass is 10.2. The topological polar surface area (TPSA) is 78.2 Å². The molecular weight excluding hydrogens is 380 g/mol. The van der Waals surface area contributed by atoms with Gasteiger partial charge in [0.15, 0.2) is 5.82 Å². The molecule has 4 rings (SSSR count). The molecule has 0 unspecified atom stereocenters. The first kappa shape index (κ1) is 19.2. The summed E-state index contributed by atoms with van der Waals surface area (Å²) in [7, 11) is 0. The summed E-state index contributed by atoms with van der Waals surface area (Å²) in [5.41, 5.74) is 2.27. The molecule has 30 heavy (non-hydrogen) atoms. The number of carbonyl (C=O) groups is 2. The maximum absolute atomic E-state index is 13.0. The third kappa shape index (κ3) is 3.86. The van der Waals surface area contributed by atoms with Gasteiger partial charge in [-0.2, -0.15) is 5.10 Å². The van der Waals surface area contributed by atoms with Gasteiger partial charge in [0.05, 0.1) is 24.1 Å². The molecule has 2 heterocycles. The molecule has 2 aromatic heterocycles. The second-order valence-corrected chi connectivity index (χ2v) is 6.47. The van der Waals surface area contributed by atoms with Gasteiger partial charge in [-0.1, -0.05) is 18.2 Å². The molecule has 150 valence electrons. The van der Waals surface area contributed by atoms with E-state index in [0.29, 0.717) is 29.2 Å². The van der Waals surface area contributed by atoms with Crippen molar-refractivity contribution in [3.63, 3.8) is 0 Å². The molecular formula is C23H20N4O3. The number of hydrogen-bond donors (Lipinski definition) is 1. The van der Waals surface area contributed by atoms with Gasteiger partial charge in [0.1, 0.15) is 5.56 Å². The fourth-order valence-electron chi connectivity index (χ4n) is 3.09. The van der Waals surface area contributed by atoms with Crippen LogP contribution in [0, 0.1) is 0 Å². The molecule has 4 aromatic rings. The van der Waals surface area contributed by atoms with Crippen LogP contribution >= 0.6 is 0 Å². The molecule has 0 aliphatic rings. The van der Waals surface area contributed by atoms with Crippen LogP contribution in [-0.4, -0.2) is 32.8 Å². The highest BCUT2D eigenvalue weighted by Crippen LogP contribution is 2.21. The van der Waals surface area contributed by atoms with Crippen LogP contribution in [-0.2, 0) is 4.74 Å². The molecule has 7 nitrogen and oxygen atoms in total. The van der Waals surface area contributed by atoms with Gasteiger partial charge in [0.2, 0.25) is 0 Å². The number of rotatable bonds is 6. The Hall–Kier alpha value is -4.13. The van der Waals surface area contributed by atoms with Crippen molar-refractivity contribution in [1.82, 2.24) is 14.3 Å². The Morgan fingerprint density at radius 2 is 1.67 bits per heavy atom. The van der Waals surface area contributed by atoms with Crippen LogP contribution in [0.5, 0.6) is 0 Å². The fraction of sp³-hybridized carbons (Fsp3) is 0.0870. The largest absolute Gasteiger partial charge is 0.462 e. The van der Waals surface area contributed by atoms with Gasteiger partial charge < -0.3 is 14.6 Å². The highest BCUT2D eigenvalue weighted by Gasteiger charge is 2.20. The monoisotopic (exact) mass is 400 g/mol. The average molecular weight is 400 g/mol. The van der Waals surface area contributed by atoms with Crippen LogP contribution in [0.1, 0.15) is 27.6 Å². The van der Waals surface area contributed by atoms with Crippen LogP contribution in [0.15, 0.2) is 85.3 Å². The number of nitrogens with one attached hydrogen (secondary N) is 1. The van der Waals surface area contributed by atoms with E-state index >= 15 is 0 Å². The van der Waals surface area contributed by atoms with Crippen LogP contribution in [0.25, 0.3) is 11.5 Å². The first-order valence-corrected chi connectivity index (χ1v) is 9.52. The second kappa shape index (κ2) is 8.48. The number of aromatic nitrogens is 3. The zero-order valence-electron chi connectivity index (χ0n) is 16.4. The van der Waals surface area contributed by atoms with Crippen LogP contribution in [0.2, 0.25) is 0 Å². The van der Waals surface area contributed by atoms with Crippen molar-refractivity contribution in [1.29, 1.82) is 0 Å². The van der Waals surface area contributed by atoms with E-state index in [1.165, 1.54) is 0 Å². The van der Waals surface area contributed by atoms with Gasteiger partial charge in [-0.05, 0) is 55.5 Å². The molecule has 0 bridgehead atoms. The molecule has 0 aliphatic carbocycles. The van der Waals surface area contributed by atoms with Gasteiger partial charge in [-0.3, -0.25) is 4.79 Å². The van der Waals surface area contributed by atoms with Crippen LogP contribution in [0.4, 0.5) is 5.69 Å². The maximum Gasteiger partial charge on any atom is 0.338 e. The minimum atomic E-state index is -0.394. The molecule has 0 saturated carbocycles. The highest BCUT2D eigenvalue weighted by molar-refractivity contribution is 6.06. The van der Waals surface area contributed by atoms with E-state index < -0.39 is 5.97 Å². The van der Waals surface area contributed by atoms with E-state index in [4.69, 9.17) is 4.74 Å². The summed E-state index contributed by atoms with van der Waals surface area (Å²) in [6.45, 7) is 2.06. The van der Waals surface area contributed by atoms with Crippen molar-refractivity contribution >= 4 is 17.6 Å². The van der Waals surface area contributed by atoms with E-state index in [9.17, 15) is 9.59 Å². The molecule has 0 saturated heterocycles. The lowest BCUT2D eigenvalue weighted by molar-refractivity contribution is 0.0526. The first-order valence-electron chi connectivity index (χ1n) is 9.52. The number of para-hydroxylation sites is 1. The van der Waals surface area contributed by atoms with Crippen molar-refractivity contribution in [2.24, 2.45) is 0 Å². The lowest BCUT2D eigenvalue weighted by Crippen LogP contribution is -2.15. The van der Waals surface area contributed by atoms with Gasteiger partial charge in [0.25, 0.3) is 5.91 Å². The third-order valence-corrected chi connectivity index (χ3v) is 4.49. The summed E-state index contributed by atoms with van der Waals surface area (Å²) in [5, 5.41) is 7.30. The number of hydrogen-bond acceptors (Lipinski definition) is 4. The standard InChI is InChI=1S/C23H20N4O3/c1-2-30-23(29)17-10-12-18(13-11-17)25-21(28)20-16-24-27(19-8-4-3-5-9-19)22(20)26-14-6-7-15-26/h3-16H,2H2,1H3,(H,25,28). The number of esters is 1. The van der Waals surface area contributed by atoms with Crippen molar-refractivity contribution in [3.8, 4) is 11.5 Å². The predicted molar refractivity (Wildman–Crippen MR) is 113 cm³/mol. The Labute approximate surface area is 173 Å². The average Bonchev–Trinajstić information content (AvgIpc) is 3.45. The smallest absolute Gasteiger partial charge is 0.338 e. The summed E-state index contributed by atoms with van der Waals surface area (Å²) >= 11 is 0.